The minimum absolute atomic E-state index is 0.0841. The van der Waals surface area contributed by atoms with E-state index in [1.807, 2.05) is 25.1 Å². The van der Waals surface area contributed by atoms with Crippen LogP contribution in [0.1, 0.15) is 23.0 Å². The summed E-state index contributed by atoms with van der Waals surface area (Å²) in [6.45, 7) is 4.07. The van der Waals surface area contributed by atoms with E-state index in [4.69, 9.17) is 23.9 Å². The molecule has 1 aliphatic rings. The molecular weight excluding hydrogens is 412 g/mol. The van der Waals surface area contributed by atoms with E-state index < -0.39 is 0 Å². The van der Waals surface area contributed by atoms with Crippen LogP contribution in [0.25, 0.3) is 11.3 Å². The van der Waals surface area contributed by atoms with Gasteiger partial charge in [0.05, 0.1) is 56.1 Å². The number of allylic oxidation sites excluding steroid dienone is 2. The number of ether oxygens (including phenoxy) is 4. The van der Waals surface area contributed by atoms with Gasteiger partial charge < -0.3 is 23.8 Å². The molecule has 0 bridgehead atoms. The molecule has 2 aromatic rings. The van der Waals surface area contributed by atoms with E-state index >= 15 is 0 Å². The van der Waals surface area contributed by atoms with Crippen molar-refractivity contribution < 1.29 is 23.7 Å². The molecule has 3 heterocycles. The molecule has 0 N–H and O–H groups in total. The van der Waals surface area contributed by atoms with Crippen LogP contribution in [0, 0.1) is 0 Å². The first-order valence-electron chi connectivity index (χ1n) is 10.3. The number of aliphatic imine (C=N–C) groups is 1. The maximum absolute atomic E-state index is 12.8. The first-order chi connectivity index (χ1) is 15.6. The highest BCUT2D eigenvalue weighted by molar-refractivity contribution is 6.02. The molecule has 0 saturated heterocycles. The Hall–Kier alpha value is -3.30. The van der Waals surface area contributed by atoms with Crippen LogP contribution in [-0.2, 0) is 16.0 Å². The van der Waals surface area contributed by atoms with Gasteiger partial charge >= 0.3 is 0 Å². The second-order valence-corrected chi connectivity index (χ2v) is 6.87. The predicted molar refractivity (Wildman–Crippen MR) is 120 cm³/mol. The van der Waals surface area contributed by atoms with Crippen LogP contribution in [0.5, 0.6) is 11.6 Å². The third-order valence-electron chi connectivity index (χ3n) is 4.86. The molecule has 9 heteroatoms. The van der Waals surface area contributed by atoms with Gasteiger partial charge in [0.2, 0.25) is 0 Å². The molecule has 0 unspecified atom stereocenters. The number of hydrogen-bond donors (Lipinski definition) is 0. The van der Waals surface area contributed by atoms with Crippen LogP contribution in [0.3, 0.4) is 0 Å². The Labute approximate surface area is 187 Å². The summed E-state index contributed by atoms with van der Waals surface area (Å²) in [5, 5.41) is 0. The minimum atomic E-state index is -0.0841. The Balaban J connectivity index is 1.74. The van der Waals surface area contributed by atoms with E-state index in [9.17, 15) is 4.79 Å². The number of methoxy groups -OCH3 is 2. The molecule has 32 heavy (non-hydrogen) atoms. The molecular formula is C23H28N4O5. The third-order valence-corrected chi connectivity index (χ3v) is 4.86. The van der Waals surface area contributed by atoms with Crippen molar-refractivity contribution in [3.05, 3.63) is 47.4 Å². The lowest BCUT2D eigenvalue weighted by Gasteiger charge is -2.15. The highest BCUT2D eigenvalue weighted by atomic mass is 16.6. The standard InChI is InChI=1S/C23H28N4O5/c1-5-17(14-24-2)27-15-20-18(23(27)28)6-7-19(26-20)16-12-21(30-4)22(25-13-16)32-11-10-31-9-8-29-3/h5-7,12-14H,8-11,15H2,1-4H3/b17-5+,24-14?. The van der Waals surface area contributed by atoms with E-state index in [1.165, 1.54) is 0 Å². The van der Waals surface area contributed by atoms with E-state index in [2.05, 4.69) is 9.98 Å². The molecule has 2 aromatic heterocycles. The number of fused-ring (bicyclic) bond motifs is 1. The van der Waals surface area contributed by atoms with Gasteiger partial charge in [0, 0.05) is 32.1 Å². The molecule has 0 aliphatic carbocycles. The Morgan fingerprint density at radius 2 is 2.03 bits per heavy atom. The van der Waals surface area contributed by atoms with Crippen LogP contribution in [0.4, 0.5) is 0 Å². The number of aromatic nitrogens is 2. The van der Waals surface area contributed by atoms with Gasteiger partial charge in [-0.2, -0.15) is 0 Å². The maximum Gasteiger partial charge on any atom is 0.260 e. The molecule has 9 nitrogen and oxygen atoms in total. The number of rotatable bonds is 11. The lowest BCUT2D eigenvalue weighted by molar-refractivity contribution is 0.0532. The minimum Gasteiger partial charge on any atom is -0.491 e. The maximum atomic E-state index is 12.8. The normalized spacial score (nSPS) is 13.7. The topological polar surface area (TPSA) is 95.4 Å². The molecule has 3 rings (SSSR count). The fourth-order valence-corrected chi connectivity index (χ4v) is 3.25. The fraction of sp³-hybridized carbons (Fsp3) is 0.391. The zero-order valence-corrected chi connectivity index (χ0v) is 18.8. The number of hydrogen-bond acceptors (Lipinski definition) is 8. The Bertz CT molecular complexity index is 1010. The lowest BCUT2D eigenvalue weighted by Crippen LogP contribution is -2.23. The summed E-state index contributed by atoms with van der Waals surface area (Å²) in [6, 6.07) is 5.42. The number of carbonyl (C=O) groups excluding carboxylic acids is 1. The van der Waals surface area contributed by atoms with Crippen LogP contribution in [-0.4, -0.2) is 74.7 Å². The van der Waals surface area contributed by atoms with Crippen LogP contribution in [0.15, 0.2) is 41.2 Å². The highest BCUT2D eigenvalue weighted by Gasteiger charge is 2.30. The summed E-state index contributed by atoms with van der Waals surface area (Å²) >= 11 is 0. The van der Waals surface area contributed by atoms with E-state index in [0.717, 1.165) is 11.3 Å². The molecule has 1 amide bonds. The molecule has 0 atom stereocenters. The first kappa shape index (κ1) is 23.4. The Kier molecular flexibility index (Phi) is 8.29. The van der Waals surface area contributed by atoms with Gasteiger partial charge in [-0.25, -0.2) is 4.98 Å². The average Bonchev–Trinajstić information content (AvgIpc) is 3.15. The van der Waals surface area contributed by atoms with Crippen LogP contribution < -0.4 is 9.47 Å². The Morgan fingerprint density at radius 3 is 2.75 bits per heavy atom. The van der Waals surface area contributed by atoms with Crippen molar-refractivity contribution in [2.45, 2.75) is 13.5 Å². The first-order valence-corrected chi connectivity index (χ1v) is 10.3. The van der Waals surface area contributed by atoms with Crippen LogP contribution in [0.2, 0.25) is 0 Å². The van der Waals surface area contributed by atoms with Gasteiger partial charge in [0.15, 0.2) is 5.75 Å². The summed E-state index contributed by atoms with van der Waals surface area (Å²) in [5.74, 6) is 0.791. The highest BCUT2D eigenvalue weighted by Crippen LogP contribution is 2.31. The number of amides is 1. The van der Waals surface area contributed by atoms with Crippen molar-refractivity contribution >= 4 is 12.1 Å². The number of carbonyl (C=O) groups is 1. The number of nitrogens with zero attached hydrogens (tertiary/aromatic N) is 4. The lowest BCUT2D eigenvalue weighted by atomic mass is 10.1. The fourth-order valence-electron chi connectivity index (χ4n) is 3.25. The average molecular weight is 441 g/mol. The largest absolute Gasteiger partial charge is 0.491 e. The smallest absolute Gasteiger partial charge is 0.260 e. The molecule has 0 spiro atoms. The van der Waals surface area contributed by atoms with Crippen LogP contribution >= 0.6 is 0 Å². The third kappa shape index (κ3) is 5.30. The van der Waals surface area contributed by atoms with Gasteiger partial charge in [-0.15, -0.1) is 0 Å². The van der Waals surface area contributed by atoms with Gasteiger partial charge in [-0.05, 0) is 25.1 Å². The second kappa shape index (κ2) is 11.4. The van der Waals surface area contributed by atoms with Crippen molar-refractivity contribution in [3.63, 3.8) is 0 Å². The van der Waals surface area contributed by atoms with Crippen molar-refractivity contribution in [2.24, 2.45) is 4.99 Å². The molecule has 0 saturated carbocycles. The van der Waals surface area contributed by atoms with E-state index in [0.29, 0.717) is 61.6 Å². The zero-order valence-electron chi connectivity index (χ0n) is 18.8. The van der Waals surface area contributed by atoms with E-state index in [1.54, 1.807) is 44.6 Å². The molecule has 1 aliphatic heterocycles. The van der Waals surface area contributed by atoms with Crippen molar-refractivity contribution in [1.29, 1.82) is 0 Å². The van der Waals surface area contributed by atoms with Gasteiger partial charge in [0.1, 0.15) is 6.61 Å². The zero-order chi connectivity index (χ0) is 22.9. The van der Waals surface area contributed by atoms with Gasteiger partial charge in [0.25, 0.3) is 11.8 Å². The summed E-state index contributed by atoms with van der Waals surface area (Å²) in [5.41, 5.74) is 3.51. The summed E-state index contributed by atoms with van der Waals surface area (Å²) < 4.78 is 21.4. The molecule has 170 valence electrons. The van der Waals surface area contributed by atoms with Crippen molar-refractivity contribution in [2.75, 3.05) is 47.7 Å². The Morgan fingerprint density at radius 1 is 1.22 bits per heavy atom. The van der Waals surface area contributed by atoms with E-state index in [-0.39, 0.29) is 5.91 Å². The quantitative estimate of drug-likeness (QED) is 0.392. The summed E-state index contributed by atoms with van der Waals surface area (Å²) in [7, 11) is 4.86. The predicted octanol–water partition coefficient (Wildman–Crippen LogP) is 2.75. The second-order valence-electron chi connectivity index (χ2n) is 6.87. The number of pyridine rings is 2. The molecule has 0 fully saturated rings. The SMILES string of the molecule is C/C=C(\C=NC)N1Cc2nc(-c3cnc(OCCOCCOC)c(OC)c3)ccc2C1=O. The molecule has 0 aromatic carbocycles. The molecule has 0 radical (unpaired) electrons. The van der Waals surface area contributed by atoms with Gasteiger partial charge in [-0.3, -0.25) is 14.8 Å². The summed E-state index contributed by atoms with van der Waals surface area (Å²) in [4.78, 5) is 27.5. The summed E-state index contributed by atoms with van der Waals surface area (Å²) in [6.07, 6.45) is 5.20. The van der Waals surface area contributed by atoms with Crippen molar-refractivity contribution in [1.82, 2.24) is 14.9 Å². The van der Waals surface area contributed by atoms with Crippen molar-refractivity contribution in [3.8, 4) is 22.9 Å². The monoisotopic (exact) mass is 440 g/mol. The van der Waals surface area contributed by atoms with Gasteiger partial charge in [-0.1, -0.05) is 6.08 Å².